The molecule has 1 aliphatic rings. The third-order valence-electron chi connectivity index (χ3n) is 5.10. The Labute approximate surface area is 196 Å². The Hall–Kier alpha value is -1.49. The molecular weight excluding hydrogens is 502 g/mol. The van der Waals surface area contributed by atoms with E-state index >= 15 is 0 Å². The quantitative estimate of drug-likeness (QED) is 0.523. The Kier molecular flexibility index (Phi) is 8.12. The number of carbonyl (C=O) groups is 1. The van der Waals surface area contributed by atoms with Gasteiger partial charge in [-0.25, -0.2) is 22.9 Å². The Morgan fingerprint density at radius 3 is 2.65 bits per heavy atom. The van der Waals surface area contributed by atoms with Gasteiger partial charge in [0.2, 0.25) is 10.0 Å². The van der Waals surface area contributed by atoms with Crippen molar-refractivity contribution < 1.29 is 17.9 Å². The van der Waals surface area contributed by atoms with Gasteiger partial charge >= 0.3 is 6.09 Å². The monoisotopic (exact) mass is 529 g/mol. The number of hydrogen-bond donors (Lipinski definition) is 2. The lowest BCUT2D eigenvalue weighted by atomic mass is 9.86. The van der Waals surface area contributed by atoms with Crippen LogP contribution < -0.4 is 10.0 Å². The summed E-state index contributed by atoms with van der Waals surface area (Å²) < 4.78 is 33.8. The zero-order valence-corrected chi connectivity index (χ0v) is 21.1. The summed E-state index contributed by atoms with van der Waals surface area (Å²) in [5.74, 6) is 0.308. The maximum atomic E-state index is 12.7. The number of ether oxygens (including phenoxy) is 1. The molecule has 0 spiro atoms. The van der Waals surface area contributed by atoms with Crippen LogP contribution in [0.15, 0.2) is 33.8 Å². The minimum Gasteiger partial charge on any atom is -0.447 e. The van der Waals surface area contributed by atoms with Gasteiger partial charge in [-0.05, 0) is 51.7 Å². The molecule has 7 nitrogen and oxygen atoms in total. The number of hydrogen-bond acceptors (Lipinski definition) is 6. The van der Waals surface area contributed by atoms with Crippen molar-refractivity contribution in [3.63, 3.8) is 0 Å². The summed E-state index contributed by atoms with van der Waals surface area (Å²) in [7, 11) is -3.61. The normalized spacial score (nSPS) is 19.4. The first-order valence-corrected chi connectivity index (χ1v) is 13.5. The number of thiazole rings is 1. The SMILES string of the molecule is CCNS(=O)(=O)c1cc(Br)ccc1-c1cnc(C2CCC(NC(=O)OC(C)C)CC2)s1. The Morgan fingerprint density at radius 1 is 1.29 bits per heavy atom. The number of alkyl carbamates (subject to hydrolysis) is 1. The minimum atomic E-state index is -3.61. The molecule has 2 aromatic rings. The summed E-state index contributed by atoms with van der Waals surface area (Å²) in [6.45, 7) is 5.74. The highest BCUT2D eigenvalue weighted by Crippen LogP contribution is 2.39. The summed E-state index contributed by atoms with van der Waals surface area (Å²) in [5.41, 5.74) is 0.652. The molecular formula is C21H28BrN3O4S2. The molecule has 0 aliphatic heterocycles. The van der Waals surface area contributed by atoms with Crippen LogP contribution in [-0.2, 0) is 14.8 Å². The second-order valence-electron chi connectivity index (χ2n) is 7.85. The average molecular weight is 531 g/mol. The van der Waals surface area contributed by atoms with Crippen LogP contribution in [-0.4, -0.2) is 38.2 Å². The number of benzene rings is 1. The van der Waals surface area contributed by atoms with Crippen molar-refractivity contribution >= 4 is 43.4 Å². The van der Waals surface area contributed by atoms with Crippen LogP contribution >= 0.6 is 27.3 Å². The van der Waals surface area contributed by atoms with Gasteiger partial charge in [0, 0.05) is 34.7 Å². The molecule has 1 aromatic carbocycles. The third-order valence-corrected chi connectivity index (χ3v) is 8.37. The highest BCUT2D eigenvalue weighted by molar-refractivity contribution is 9.10. The zero-order valence-electron chi connectivity index (χ0n) is 17.9. The van der Waals surface area contributed by atoms with Gasteiger partial charge in [0.15, 0.2) is 0 Å². The number of halogens is 1. The molecule has 0 saturated heterocycles. The highest BCUT2D eigenvalue weighted by atomic mass is 79.9. The predicted octanol–water partition coefficient (Wildman–Crippen LogP) is 5.03. The van der Waals surface area contributed by atoms with E-state index in [0.717, 1.165) is 35.6 Å². The smallest absolute Gasteiger partial charge is 0.407 e. The second kappa shape index (κ2) is 10.4. The molecule has 31 heavy (non-hydrogen) atoms. The summed E-state index contributed by atoms with van der Waals surface area (Å²) in [4.78, 5) is 17.5. The fourth-order valence-electron chi connectivity index (χ4n) is 3.69. The van der Waals surface area contributed by atoms with E-state index < -0.39 is 10.0 Å². The lowest BCUT2D eigenvalue weighted by molar-refractivity contribution is 0.109. The standard InChI is InChI=1S/C21H28BrN3O4S2/c1-4-24-31(27,28)19-11-15(22)7-10-17(19)18-12-23-20(30-18)14-5-8-16(9-6-14)25-21(26)29-13(2)3/h7,10-14,16,24H,4-6,8-9H2,1-3H3,(H,25,26). The van der Waals surface area contributed by atoms with Crippen LogP contribution in [0.3, 0.4) is 0 Å². The average Bonchev–Trinajstić information content (AvgIpc) is 3.18. The molecule has 1 saturated carbocycles. The number of amides is 1. The van der Waals surface area contributed by atoms with Crippen LogP contribution in [0.25, 0.3) is 10.4 Å². The van der Waals surface area contributed by atoms with E-state index in [1.165, 1.54) is 11.3 Å². The minimum absolute atomic E-state index is 0.116. The molecule has 170 valence electrons. The van der Waals surface area contributed by atoms with Crippen molar-refractivity contribution in [3.05, 3.63) is 33.9 Å². The topological polar surface area (TPSA) is 97.4 Å². The summed E-state index contributed by atoms with van der Waals surface area (Å²) in [6, 6.07) is 5.39. The van der Waals surface area contributed by atoms with E-state index in [2.05, 4.69) is 31.0 Å². The first-order chi connectivity index (χ1) is 14.7. The van der Waals surface area contributed by atoms with Crippen molar-refractivity contribution in [2.75, 3.05) is 6.54 Å². The fraction of sp³-hybridized carbons (Fsp3) is 0.524. The third kappa shape index (κ3) is 6.27. The highest BCUT2D eigenvalue weighted by Gasteiger charge is 2.27. The van der Waals surface area contributed by atoms with Crippen LogP contribution in [0.1, 0.15) is 57.4 Å². The lowest BCUT2D eigenvalue weighted by Crippen LogP contribution is -2.38. The van der Waals surface area contributed by atoms with E-state index in [1.54, 1.807) is 19.2 Å². The van der Waals surface area contributed by atoms with Crippen LogP contribution in [0.5, 0.6) is 0 Å². The van der Waals surface area contributed by atoms with Crippen molar-refractivity contribution in [3.8, 4) is 10.4 Å². The predicted molar refractivity (Wildman–Crippen MR) is 126 cm³/mol. The molecule has 0 radical (unpaired) electrons. The molecule has 0 atom stereocenters. The van der Waals surface area contributed by atoms with Crippen molar-refractivity contribution in [2.24, 2.45) is 0 Å². The van der Waals surface area contributed by atoms with Gasteiger partial charge in [0.25, 0.3) is 0 Å². The molecule has 10 heteroatoms. The number of sulfonamides is 1. The summed E-state index contributed by atoms with van der Waals surface area (Å²) >= 11 is 4.91. The molecule has 3 rings (SSSR count). The zero-order chi connectivity index (χ0) is 22.6. The van der Waals surface area contributed by atoms with Gasteiger partial charge in [0.1, 0.15) is 0 Å². The first-order valence-electron chi connectivity index (χ1n) is 10.4. The molecule has 2 N–H and O–H groups in total. The van der Waals surface area contributed by atoms with Crippen molar-refractivity contribution in [1.29, 1.82) is 0 Å². The lowest BCUT2D eigenvalue weighted by Gasteiger charge is -2.28. The maximum absolute atomic E-state index is 12.7. The van der Waals surface area contributed by atoms with Crippen LogP contribution in [0.4, 0.5) is 4.79 Å². The van der Waals surface area contributed by atoms with Gasteiger partial charge in [-0.3, -0.25) is 0 Å². The Balaban J connectivity index is 1.72. The summed E-state index contributed by atoms with van der Waals surface area (Å²) in [5, 5.41) is 3.95. The van der Waals surface area contributed by atoms with E-state index in [9.17, 15) is 13.2 Å². The number of aromatic nitrogens is 1. The second-order valence-corrected chi connectivity index (χ2v) is 11.6. The molecule has 0 bridgehead atoms. The molecule has 0 unspecified atom stereocenters. The van der Waals surface area contributed by atoms with E-state index in [0.29, 0.717) is 22.5 Å². The van der Waals surface area contributed by atoms with E-state index in [-0.39, 0.29) is 23.1 Å². The number of rotatable bonds is 7. The van der Waals surface area contributed by atoms with Crippen molar-refractivity contribution in [1.82, 2.24) is 15.0 Å². The summed E-state index contributed by atoms with van der Waals surface area (Å²) in [6.07, 6.45) is 4.84. The van der Waals surface area contributed by atoms with Gasteiger partial charge in [-0.1, -0.05) is 28.9 Å². The molecule has 1 aromatic heterocycles. The van der Waals surface area contributed by atoms with Gasteiger partial charge in [-0.15, -0.1) is 11.3 Å². The van der Waals surface area contributed by atoms with Gasteiger partial charge in [0.05, 0.1) is 20.9 Å². The molecule has 1 amide bonds. The molecule has 1 heterocycles. The number of carbonyl (C=O) groups excluding carboxylic acids is 1. The van der Waals surface area contributed by atoms with Gasteiger partial charge < -0.3 is 10.1 Å². The van der Waals surface area contributed by atoms with E-state index in [1.807, 2.05) is 26.0 Å². The van der Waals surface area contributed by atoms with E-state index in [4.69, 9.17) is 4.74 Å². The molecule has 1 fully saturated rings. The van der Waals surface area contributed by atoms with Crippen LogP contribution in [0, 0.1) is 0 Å². The first kappa shape index (κ1) is 24.2. The Morgan fingerprint density at radius 2 is 2.00 bits per heavy atom. The molecule has 1 aliphatic carbocycles. The van der Waals surface area contributed by atoms with Gasteiger partial charge in [-0.2, -0.15) is 0 Å². The number of nitrogens with zero attached hydrogens (tertiary/aromatic N) is 1. The number of nitrogens with one attached hydrogen (secondary N) is 2. The van der Waals surface area contributed by atoms with Crippen molar-refractivity contribution in [2.45, 2.75) is 69.4 Å². The largest absolute Gasteiger partial charge is 0.447 e. The van der Waals surface area contributed by atoms with Crippen LogP contribution in [0.2, 0.25) is 0 Å². The Bertz CT molecular complexity index is 1020. The fourth-order valence-corrected chi connectivity index (χ4v) is 6.68. The maximum Gasteiger partial charge on any atom is 0.407 e.